The van der Waals surface area contributed by atoms with Crippen molar-refractivity contribution in [1.82, 2.24) is 10.2 Å². The van der Waals surface area contributed by atoms with Crippen LogP contribution in [-0.4, -0.2) is 71.5 Å². The summed E-state index contributed by atoms with van der Waals surface area (Å²) in [5.74, 6) is -2.84. The number of rotatable bonds is 9. The van der Waals surface area contributed by atoms with Gasteiger partial charge < -0.3 is 25.2 Å². The van der Waals surface area contributed by atoms with Crippen molar-refractivity contribution in [2.45, 2.75) is 103 Å². The van der Waals surface area contributed by atoms with Crippen molar-refractivity contribution in [3.05, 3.63) is 81.9 Å². The van der Waals surface area contributed by atoms with Crippen molar-refractivity contribution in [3.63, 3.8) is 0 Å². The van der Waals surface area contributed by atoms with Crippen LogP contribution in [0.3, 0.4) is 0 Å². The van der Waals surface area contributed by atoms with E-state index in [0.29, 0.717) is 70.1 Å². The quantitative estimate of drug-likeness (QED) is 0.161. The van der Waals surface area contributed by atoms with Crippen molar-refractivity contribution in [2.75, 3.05) is 26.8 Å². The second-order valence-corrected chi connectivity index (χ2v) is 13.8. The highest BCUT2D eigenvalue weighted by molar-refractivity contribution is 6.10. The normalized spacial score (nSPS) is 25.1. The zero-order valence-electron chi connectivity index (χ0n) is 27.9. The van der Waals surface area contributed by atoms with Crippen LogP contribution >= 0.6 is 0 Å². The maximum Gasteiger partial charge on any atom is 0.317 e. The molecule has 2 amide bonds. The molecule has 0 saturated heterocycles. The maximum absolute atomic E-state index is 14.3. The molecule has 0 aromatic heterocycles. The van der Waals surface area contributed by atoms with Crippen LogP contribution < -0.4 is 5.32 Å². The lowest BCUT2D eigenvalue weighted by atomic mass is 9.64. The number of aliphatic hydroxyl groups excluding tert-OH is 1. The lowest BCUT2D eigenvalue weighted by molar-refractivity contribution is -0.0775. The molecule has 2 aromatic rings. The number of methoxy groups -OCH3 is 1. The first-order valence-electron chi connectivity index (χ1n) is 16.5. The number of carbonyl (C=O) groups excluding carboxylic acids is 2. The molecule has 2 bridgehead atoms. The van der Waals surface area contributed by atoms with E-state index in [1.807, 2.05) is 26.0 Å². The van der Waals surface area contributed by atoms with Gasteiger partial charge >= 0.3 is 6.03 Å². The van der Waals surface area contributed by atoms with Crippen LogP contribution in [0.15, 0.2) is 48.0 Å². The maximum atomic E-state index is 14.3. The third-order valence-corrected chi connectivity index (χ3v) is 10.0. The van der Waals surface area contributed by atoms with Crippen LogP contribution in [0.5, 0.6) is 0 Å². The SMILES string of the molecule is COCCCN(CC1(O)CCC2c3ccc(cc3C(=O)c3ccc(F)c(F)c3)CC(O)CCC(C)=CCCC21C)C(=O)NC(C)C. The highest BCUT2D eigenvalue weighted by Crippen LogP contribution is 2.59. The predicted octanol–water partition coefficient (Wildman–Crippen LogP) is 6.69. The number of halogens is 2. The summed E-state index contributed by atoms with van der Waals surface area (Å²) < 4.78 is 33.4. The number of urea groups is 1. The molecule has 0 heterocycles. The van der Waals surface area contributed by atoms with Gasteiger partial charge in [-0.3, -0.25) is 4.79 Å². The Hall–Kier alpha value is -3.14. The van der Waals surface area contributed by atoms with Gasteiger partial charge in [0.15, 0.2) is 17.4 Å². The van der Waals surface area contributed by atoms with Gasteiger partial charge in [-0.2, -0.15) is 0 Å². The van der Waals surface area contributed by atoms with Crippen LogP contribution in [0.4, 0.5) is 13.6 Å². The Kier molecular flexibility index (Phi) is 11.8. The van der Waals surface area contributed by atoms with Crippen molar-refractivity contribution in [1.29, 1.82) is 0 Å². The van der Waals surface area contributed by atoms with E-state index in [2.05, 4.69) is 25.2 Å². The molecular formula is C37H50F2N2O5. The van der Waals surface area contributed by atoms with Gasteiger partial charge in [0.2, 0.25) is 0 Å². The molecule has 9 heteroatoms. The number of hydrogen-bond acceptors (Lipinski definition) is 5. The second kappa shape index (κ2) is 15.2. The Morgan fingerprint density at radius 1 is 1.11 bits per heavy atom. The van der Waals surface area contributed by atoms with E-state index in [0.717, 1.165) is 23.3 Å². The molecule has 5 rings (SSSR count). The molecule has 7 nitrogen and oxygen atoms in total. The van der Waals surface area contributed by atoms with Gasteiger partial charge in [-0.15, -0.1) is 0 Å². The fourth-order valence-electron chi connectivity index (χ4n) is 7.30. The Morgan fingerprint density at radius 2 is 1.87 bits per heavy atom. The molecule has 46 heavy (non-hydrogen) atoms. The van der Waals surface area contributed by atoms with Crippen molar-refractivity contribution < 1.29 is 33.3 Å². The number of carbonyl (C=O) groups is 2. The summed E-state index contributed by atoms with van der Waals surface area (Å²) in [6.45, 7) is 8.90. The smallest absolute Gasteiger partial charge is 0.317 e. The molecule has 0 spiro atoms. The van der Waals surface area contributed by atoms with Crippen molar-refractivity contribution >= 4 is 11.8 Å². The van der Waals surface area contributed by atoms with Crippen LogP contribution in [0.1, 0.15) is 106 Å². The minimum Gasteiger partial charge on any atom is -0.393 e. The molecule has 4 atom stereocenters. The lowest BCUT2D eigenvalue weighted by Gasteiger charge is -2.46. The van der Waals surface area contributed by atoms with E-state index in [4.69, 9.17) is 4.74 Å². The second-order valence-electron chi connectivity index (χ2n) is 13.8. The molecule has 3 N–H and O–H groups in total. The number of benzene rings is 2. The first-order chi connectivity index (χ1) is 21.8. The molecule has 3 aliphatic carbocycles. The molecule has 2 aromatic carbocycles. The lowest BCUT2D eigenvalue weighted by Crippen LogP contribution is -2.56. The molecule has 252 valence electrons. The number of nitrogens with zero attached hydrogens (tertiary/aromatic N) is 1. The van der Waals surface area contributed by atoms with Crippen molar-refractivity contribution in [3.8, 4) is 0 Å². The van der Waals surface area contributed by atoms with E-state index >= 15 is 0 Å². The third kappa shape index (κ3) is 8.04. The van der Waals surface area contributed by atoms with Crippen molar-refractivity contribution in [2.24, 2.45) is 5.41 Å². The number of ketones is 1. The fourth-order valence-corrected chi connectivity index (χ4v) is 7.30. The van der Waals surface area contributed by atoms with Gasteiger partial charge in [0.05, 0.1) is 18.2 Å². The number of aliphatic hydroxyl groups is 2. The third-order valence-electron chi connectivity index (χ3n) is 10.0. The topological polar surface area (TPSA) is 99.1 Å². The number of fused-ring (bicyclic) bond motifs is 8. The minimum atomic E-state index is -1.28. The van der Waals surface area contributed by atoms with Gasteiger partial charge in [0.25, 0.3) is 0 Å². The van der Waals surface area contributed by atoms with Crippen LogP contribution in [0.25, 0.3) is 0 Å². The molecule has 4 unspecified atom stereocenters. The highest BCUT2D eigenvalue weighted by atomic mass is 19.2. The highest BCUT2D eigenvalue weighted by Gasteiger charge is 2.57. The van der Waals surface area contributed by atoms with Crippen LogP contribution in [-0.2, 0) is 11.2 Å². The predicted molar refractivity (Wildman–Crippen MR) is 175 cm³/mol. The standard InChI is InChI=1S/C37H50F2N2O5/c1-24(2)40-35(44)41(18-7-19-46-5)23-37(45)17-15-31-29-13-10-26(20-28(42)12-9-25(3)8-6-16-36(31,37)4)21-30(29)34(43)27-11-14-32(38)33(39)22-27/h8,10-11,13-14,21-22,24,28,31,42,45H,6-7,9,12,15-20,23H2,1-5H3,(H,40,44). The number of ether oxygens (including phenoxy) is 1. The summed E-state index contributed by atoms with van der Waals surface area (Å²) in [5, 5.41) is 26.4. The van der Waals surface area contributed by atoms with E-state index in [9.17, 15) is 28.6 Å². The van der Waals surface area contributed by atoms with Crippen LogP contribution in [0, 0.1) is 17.0 Å². The first kappa shape index (κ1) is 35.7. The molecule has 0 radical (unpaired) electrons. The van der Waals surface area contributed by atoms with E-state index in [-0.39, 0.29) is 30.1 Å². The Balaban J connectivity index is 1.82. The first-order valence-corrected chi connectivity index (χ1v) is 16.5. The summed E-state index contributed by atoms with van der Waals surface area (Å²) in [7, 11) is 1.62. The fraction of sp³-hybridized carbons (Fsp3) is 0.568. The average molecular weight is 641 g/mol. The van der Waals surface area contributed by atoms with E-state index < -0.39 is 34.5 Å². The number of amides is 2. The van der Waals surface area contributed by atoms with E-state index in [1.54, 1.807) is 18.1 Å². The van der Waals surface area contributed by atoms with Gasteiger partial charge in [0, 0.05) is 42.8 Å². The molecule has 0 aliphatic heterocycles. The Bertz CT molecular complexity index is 1430. The van der Waals surface area contributed by atoms with Gasteiger partial charge in [-0.1, -0.05) is 30.7 Å². The molecule has 1 fully saturated rings. The average Bonchev–Trinajstić information content (AvgIpc) is 3.25. The van der Waals surface area contributed by atoms with E-state index in [1.165, 1.54) is 11.6 Å². The zero-order chi connectivity index (χ0) is 33.6. The summed E-state index contributed by atoms with van der Waals surface area (Å²) in [4.78, 5) is 29.1. The summed E-state index contributed by atoms with van der Waals surface area (Å²) in [5.41, 5.74) is 1.01. The minimum absolute atomic E-state index is 0.0298. The Labute approximate surface area is 272 Å². The summed E-state index contributed by atoms with van der Waals surface area (Å²) in [6, 6.07) is 8.41. The molecule has 1 saturated carbocycles. The number of allylic oxidation sites excluding steroid dienone is 2. The van der Waals surface area contributed by atoms with Crippen LogP contribution in [0.2, 0.25) is 0 Å². The molecule has 3 aliphatic rings. The molecular weight excluding hydrogens is 590 g/mol. The largest absolute Gasteiger partial charge is 0.393 e. The van der Waals surface area contributed by atoms with Gasteiger partial charge in [-0.25, -0.2) is 13.6 Å². The zero-order valence-corrected chi connectivity index (χ0v) is 27.9. The number of nitrogens with one attached hydrogen (secondary N) is 1. The summed E-state index contributed by atoms with van der Waals surface area (Å²) >= 11 is 0. The summed E-state index contributed by atoms with van der Waals surface area (Å²) in [6.07, 6.45) is 6.02. The van der Waals surface area contributed by atoms with Gasteiger partial charge in [-0.05, 0) is 113 Å². The van der Waals surface area contributed by atoms with Gasteiger partial charge in [0.1, 0.15) is 0 Å². The Morgan fingerprint density at radius 3 is 2.57 bits per heavy atom. The monoisotopic (exact) mass is 640 g/mol. The number of hydrogen-bond donors (Lipinski definition) is 3.